The molecule has 1 aromatic rings. The smallest absolute Gasteiger partial charge is 0.0731 e. The number of nitrogens with zero attached hydrogens (tertiary/aromatic N) is 1. The van der Waals surface area contributed by atoms with E-state index in [0.717, 1.165) is 34.2 Å². The van der Waals surface area contributed by atoms with Gasteiger partial charge in [0.15, 0.2) is 0 Å². The fourth-order valence-corrected chi connectivity index (χ4v) is 3.75. The third-order valence-electron chi connectivity index (χ3n) is 3.81. The first kappa shape index (κ1) is 22.3. The molecule has 0 spiro atoms. The second kappa shape index (κ2) is 11.8. The van der Waals surface area contributed by atoms with Crippen LogP contribution >= 0.6 is 35.0 Å². The first-order valence-corrected chi connectivity index (χ1v) is 10.4. The van der Waals surface area contributed by atoms with E-state index < -0.39 is 0 Å². The highest BCUT2D eigenvalue weighted by molar-refractivity contribution is 8.04. The number of halogens is 2. The second-order valence-corrected chi connectivity index (χ2v) is 7.41. The van der Waals surface area contributed by atoms with Crippen molar-refractivity contribution in [3.63, 3.8) is 0 Å². The molecule has 0 radical (unpaired) electrons. The number of hydrogen-bond donors (Lipinski definition) is 1. The zero-order valence-corrected chi connectivity index (χ0v) is 17.9. The molecule has 1 N–H and O–H groups in total. The Morgan fingerprint density at radius 3 is 2.64 bits per heavy atom. The Morgan fingerprint density at radius 2 is 2.04 bits per heavy atom. The summed E-state index contributed by atoms with van der Waals surface area (Å²) in [5.41, 5.74) is 1.99. The van der Waals surface area contributed by atoms with Crippen LogP contribution in [0.4, 0.5) is 0 Å². The SMILES string of the molecule is C=C(Sc1cccc(Cl)c1Cl)C(C)=N/C(=C\C)C1CCCCN1.CC. The van der Waals surface area contributed by atoms with Crippen molar-refractivity contribution in [1.82, 2.24) is 5.32 Å². The first-order chi connectivity index (χ1) is 12.0. The molecular formula is C20H28Cl2N2S. The van der Waals surface area contributed by atoms with Gasteiger partial charge in [0.2, 0.25) is 0 Å². The molecular weight excluding hydrogens is 371 g/mol. The molecule has 2 rings (SSSR count). The normalized spacial score (nSPS) is 18.4. The standard InChI is InChI=1S/C18H22Cl2N2S.C2H6/c1-4-15(16-9-5-6-11-21-16)22-12(2)13(3)23-17-10-7-8-14(19)18(17)20;1-2/h4,7-8,10,16,21H,3,5-6,9,11H2,1-2H3;1-2H3/b15-4-,22-12?;. The Morgan fingerprint density at radius 1 is 1.32 bits per heavy atom. The van der Waals surface area contributed by atoms with Gasteiger partial charge in [-0.05, 0) is 45.4 Å². The fourth-order valence-electron chi connectivity index (χ4n) is 2.47. The van der Waals surface area contributed by atoms with Crippen LogP contribution in [0.3, 0.4) is 0 Å². The van der Waals surface area contributed by atoms with Crippen LogP contribution in [0.5, 0.6) is 0 Å². The molecule has 1 aromatic carbocycles. The molecule has 1 heterocycles. The van der Waals surface area contributed by atoms with Gasteiger partial charge < -0.3 is 5.32 Å². The van der Waals surface area contributed by atoms with Gasteiger partial charge in [-0.15, -0.1) is 0 Å². The second-order valence-electron chi connectivity index (χ2n) is 5.49. The van der Waals surface area contributed by atoms with Crippen molar-refractivity contribution < 1.29 is 0 Å². The summed E-state index contributed by atoms with van der Waals surface area (Å²) in [5, 5.41) is 4.65. The minimum absolute atomic E-state index is 0.344. The Kier molecular flexibility index (Phi) is 10.5. The molecule has 1 aliphatic heterocycles. The molecule has 0 saturated carbocycles. The van der Waals surface area contributed by atoms with E-state index in [0.29, 0.717) is 16.1 Å². The van der Waals surface area contributed by atoms with Crippen LogP contribution in [0.15, 0.2) is 51.3 Å². The van der Waals surface area contributed by atoms with Crippen molar-refractivity contribution in [3.8, 4) is 0 Å². The first-order valence-electron chi connectivity index (χ1n) is 8.79. The molecule has 5 heteroatoms. The van der Waals surface area contributed by atoms with Gasteiger partial charge in [-0.25, -0.2) is 0 Å². The largest absolute Gasteiger partial charge is 0.309 e. The quantitative estimate of drug-likeness (QED) is 0.421. The van der Waals surface area contributed by atoms with Crippen LogP contribution in [0.25, 0.3) is 0 Å². The number of piperidine rings is 1. The summed E-state index contributed by atoms with van der Waals surface area (Å²) in [6, 6.07) is 5.96. The molecule has 0 bridgehead atoms. The molecule has 1 aliphatic rings. The lowest BCUT2D eigenvalue weighted by Gasteiger charge is -2.24. The van der Waals surface area contributed by atoms with E-state index in [1.165, 1.54) is 24.6 Å². The van der Waals surface area contributed by atoms with Crippen LogP contribution in [0.2, 0.25) is 10.0 Å². The lowest BCUT2D eigenvalue weighted by molar-refractivity contribution is 0.437. The van der Waals surface area contributed by atoms with Crippen LogP contribution in [0, 0.1) is 0 Å². The van der Waals surface area contributed by atoms with Crippen LogP contribution in [-0.2, 0) is 0 Å². The van der Waals surface area contributed by atoms with Crippen molar-refractivity contribution in [2.24, 2.45) is 4.99 Å². The molecule has 138 valence electrons. The fraction of sp³-hybridized carbons (Fsp3) is 0.450. The highest BCUT2D eigenvalue weighted by Crippen LogP contribution is 2.36. The van der Waals surface area contributed by atoms with E-state index in [1.807, 2.05) is 39.8 Å². The van der Waals surface area contributed by atoms with E-state index in [2.05, 4.69) is 18.0 Å². The molecule has 1 fully saturated rings. The highest BCUT2D eigenvalue weighted by Gasteiger charge is 2.17. The Bertz CT molecular complexity index is 633. The van der Waals surface area contributed by atoms with E-state index in [1.54, 1.807) is 6.07 Å². The monoisotopic (exact) mass is 398 g/mol. The van der Waals surface area contributed by atoms with Crippen LogP contribution < -0.4 is 5.32 Å². The van der Waals surface area contributed by atoms with Gasteiger partial charge in [0.25, 0.3) is 0 Å². The third-order valence-corrected chi connectivity index (χ3v) is 5.85. The average molecular weight is 399 g/mol. The van der Waals surface area contributed by atoms with Crippen LogP contribution in [-0.4, -0.2) is 18.3 Å². The maximum Gasteiger partial charge on any atom is 0.0731 e. The Balaban J connectivity index is 0.00000151. The number of hydrogen-bond acceptors (Lipinski definition) is 3. The molecule has 1 saturated heterocycles. The number of nitrogens with one attached hydrogen (secondary N) is 1. The van der Waals surface area contributed by atoms with Gasteiger partial charge >= 0.3 is 0 Å². The minimum atomic E-state index is 0.344. The topological polar surface area (TPSA) is 24.4 Å². The van der Waals surface area contributed by atoms with Crippen molar-refractivity contribution in [1.29, 1.82) is 0 Å². The molecule has 2 nitrogen and oxygen atoms in total. The van der Waals surface area contributed by atoms with Gasteiger partial charge in [-0.3, -0.25) is 4.99 Å². The summed E-state index contributed by atoms with van der Waals surface area (Å²) in [6.45, 7) is 13.2. The van der Waals surface area contributed by atoms with E-state index in [4.69, 9.17) is 28.2 Å². The zero-order chi connectivity index (χ0) is 18.8. The summed E-state index contributed by atoms with van der Waals surface area (Å²) >= 11 is 13.8. The summed E-state index contributed by atoms with van der Waals surface area (Å²) < 4.78 is 0. The number of benzene rings is 1. The van der Waals surface area contributed by atoms with E-state index >= 15 is 0 Å². The van der Waals surface area contributed by atoms with Crippen LogP contribution in [0.1, 0.15) is 47.0 Å². The summed E-state index contributed by atoms with van der Waals surface area (Å²) in [6.07, 6.45) is 5.70. The molecule has 1 atom stereocenters. The van der Waals surface area contributed by atoms with Gasteiger partial charge in [-0.1, -0.05) is 74.0 Å². The summed E-state index contributed by atoms with van der Waals surface area (Å²) in [7, 11) is 0. The van der Waals surface area contributed by atoms with Crippen molar-refractivity contribution in [2.75, 3.05) is 6.54 Å². The minimum Gasteiger partial charge on any atom is -0.309 e. The number of aliphatic imine (C=N–C) groups is 1. The van der Waals surface area contributed by atoms with Gasteiger partial charge in [0.1, 0.15) is 0 Å². The van der Waals surface area contributed by atoms with Crippen molar-refractivity contribution in [2.45, 2.75) is 57.9 Å². The van der Waals surface area contributed by atoms with Crippen molar-refractivity contribution in [3.05, 3.63) is 51.5 Å². The average Bonchev–Trinajstić information content (AvgIpc) is 2.65. The van der Waals surface area contributed by atoms with E-state index in [-0.39, 0.29) is 0 Å². The van der Waals surface area contributed by atoms with Gasteiger partial charge in [0.05, 0.1) is 21.5 Å². The lowest BCUT2D eigenvalue weighted by atomic mass is 10.0. The van der Waals surface area contributed by atoms with E-state index in [9.17, 15) is 0 Å². The predicted octanol–water partition coefficient (Wildman–Crippen LogP) is 7.13. The molecule has 0 aromatic heterocycles. The number of rotatable bonds is 5. The summed E-state index contributed by atoms with van der Waals surface area (Å²) in [5.74, 6) is 0. The maximum absolute atomic E-state index is 6.24. The lowest BCUT2D eigenvalue weighted by Crippen LogP contribution is -2.35. The zero-order valence-electron chi connectivity index (χ0n) is 15.5. The van der Waals surface area contributed by atoms with Gasteiger partial charge in [0, 0.05) is 15.8 Å². The molecule has 0 amide bonds. The molecule has 0 aliphatic carbocycles. The molecule has 25 heavy (non-hydrogen) atoms. The third kappa shape index (κ3) is 6.82. The van der Waals surface area contributed by atoms with Gasteiger partial charge in [-0.2, -0.15) is 0 Å². The van der Waals surface area contributed by atoms with Crippen molar-refractivity contribution >= 4 is 40.7 Å². The molecule has 1 unspecified atom stereocenters. The highest BCUT2D eigenvalue weighted by atomic mass is 35.5. The Labute approximate surface area is 166 Å². The number of allylic oxidation sites excluding steroid dienone is 2. The summed E-state index contributed by atoms with van der Waals surface area (Å²) in [4.78, 5) is 6.56. The Hall–Kier alpha value is -0.740. The predicted molar refractivity (Wildman–Crippen MR) is 115 cm³/mol. The number of thioether (sulfide) groups is 1. The maximum atomic E-state index is 6.24.